The molecule has 2 aliphatic heterocycles. The van der Waals surface area contributed by atoms with Gasteiger partial charge in [0.05, 0.1) is 5.02 Å². The number of hydrogen-bond acceptors (Lipinski definition) is 4. The van der Waals surface area contributed by atoms with Crippen molar-refractivity contribution in [3.63, 3.8) is 0 Å². The molecular formula is C34H41ClN4O2. The van der Waals surface area contributed by atoms with Gasteiger partial charge in [-0.2, -0.15) is 0 Å². The minimum absolute atomic E-state index is 0.0767. The summed E-state index contributed by atoms with van der Waals surface area (Å²) in [7, 11) is 0. The van der Waals surface area contributed by atoms with E-state index in [1.54, 1.807) is 6.07 Å². The molecule has 2 saturated heterocycles. The molecule has 2 aliphatic rings. The molecule has 0 radical (unpaired) electrons. The molecule has 7 heteroatoms. The number of nitrogens with zero attached hydrogens (tertiary/aromatic N) is 3. The summed E-state index contributed by atoms with van der Waals surface area (Å²) in [4.78, 5) is 17.7. The maximum absolute atomic E-state index is 12.8. The lowest BCUT2D eigenvalue weighted by atomic mass is 10.1. The summed E-state index contributed by atoms with van der Waals surface area (Å²) < 4.78 is 8.71. The number of likely N-dealkylation sites (N-methyl/N-ethyl adjacent to an activating group) is 1. The highest BCUT2D eigenvalue weighted by Gasteiger charge is 2.24. The van der Waals surface area contributed by atoms with Crippen LogP contribution in [0.25, 0.3) is 21.8 Å². The molecule has 6 nitrogen and oxygen atoms in total. The van der Waals surface area contributed by atoms with E-state index >= 15 is 0 Å². The third kappa shape index (κ3) is 5.97. The first kappa shape index (κ1) is 28.1. The van der Waals surface area contributed by atoms with E-state index in [9.17, 15) is 4.79 Å². The molecule has 216 valence electrons. The molecule has 1 atom stereocenters. The molecule has 1 amide bonds. The Morgan fingerprint density at radius 2 is 1.73 bits per heavy atom. The van der Waals surface area contributed by atoms with E-state index in [4.69, 9.17) is 16.3 Å². The molecule has 0 spiro atoms. The number of fused-ring (bicyclic) bond motifs is 3. The normalized spacial score (nSPS) is 18.9. The fraction of sp³-hybridized carbons (Fsp3) is 0.441. The molecule has 0 bridgehead atoms. The Balaban J connectivity index is 1.02. The van der Waals surface area contributed by atoms with Crippen LogP contribution in [-0.4, -0.2) is 65.1 Å². The number of rotatable bonds is 9. The van der Waals surface area contributed by atoms with Crippen LogP contribution in [0, 0.1) is 0 Å². The van der Waals surface area contributed by atoms with Crippen LogP contribution in [0.1, 0.15) is 55.5 Å². The largest absolute Gasteiger partial charge is 0.489 e. The van der Waals surface area contributed by atoms with Gasteiger partial charge in [0.2, 0.25) is 0 Å². The van der Waals surface area contributed by atoms with Gasteiger partial charge in [-0.05, 0) is 87.7 Å². The van der Waals surface area contributed by atoms with Crippen molar-refractivity contribution in [3.05, 3.63) is 76.8 Å². The molecule has 41 heavy (non-hydrogen) atoms. The van der Waals surface area contributed by atoms with Gasteiger partial charge in [0.25, 0.3) is 5.91 Å². The maximum Gasteiger partial charge on any atom is 0.251 e. The van der Waals surface area contributed by atoms with E-state index in [2.05, 4.69) is 76.0 Å². The van der Waals surface area contributed by atoms with E-state index < -0.39 is 0 Å². The van der Waals surface area contributed by atoms with Crippen LogP contribution in [0.15, 0.2) is 60.7 Å². The van der Waals surface area contributed by atoms with Gasteiger partial charge < -0.3 is 14.6 Å². The van der Waals surface area contributed by atoms with Gasteiger partial charge in [-0.15, -0.1) is 0 Å². The van der Waals surface area contributed by atoms with Crippen molar-refractivity contribution in [2.45, 2.75) is 64.8 Å². The fourth-order valence-corrected chi connectivity index (χ4v) is 6.98. The van der Waals surface area contributed by atoms with Crippen molar-refractivity contribution in [1.82, 2.24) is 19.7 Å². The number of piperidine rings is 1. The molecule has 0 saturated carbocycles. The lowest BCUT2D eigenvalue weighted by Gasteiger charge is -2.32. The van der Waals surface area contributed by atoms with Crippen molar-refractivity contribution in [2.75, 3.05) is 32.7 Å². The number of nitrogens with one attached hydrogen (secondary N) is 1. The van der Waals surface area contributed by atoms with Gasteiger partial charge >= 0.3 is 0 Å². The first-order valence-corrected chi connectivity index (χ1v) is 15.6. The number of hydrogen-bond donors (Lipinski definition) is 1. The molecule has 1 aromatic heterocycles. The first-order chi connectivity index (χ1) is 20.0. The average molecular weight is 573 g/mol. The third-order valence-electron chi connectivity index (χ3n) is 8.98. The number of carbonyl (C=O) groups is 1. The van der Waals surface area contributed by atoms with Crippen molar-refractivity contribution in [3.8, 4) is 5.75 Å². The monoisotopic (exact) mass is 572 g/mol. The number of aryl methyl sites for hydroxylation is 1. The van der Waals surface area contributed by atoms with Crippen LogP contribution in [0.4, 0.5) is 0 Å². The summed E-state index contributed by atoms with van der Waals surface area (Å²) in [5.74, 6) is 0.583. The van der Waals surface area contributed by atoms with Gasteiger partial charge in [-0.1, -0.05) is 42.8 Å². The highest BCUT2D eigenvalue weighted by Crippen LogP contribution is 2.31. The number of halogens is 1. The highest BCUT2D eigenvalue weighted by molar-refractivity contribution is 6.32. The van der Waals surface area contributed by atoms with Crippen molar-refractivity contribution in [1.29, 1.82) is 0 Å². The Morgan fingerprint density at radius 1 is 0.927 bits per heavy atom. The number of carbonyl (C=O) groups excluding carboxylic acids is 1. The molecule has 3 aromatic carbocycles. The van der Waals surface area contributed by atoms with Gasteiger partial charge in [-0.3, -0.25) is 14.6 Å². The number of benzene rings is 3. The summed E-state index contributed by atoms with van der Waals surface area (Å²) in [6.45, 7) is 11.1. The predicted molar refractivity (Wildman–Crippen MR) is 168 cm³/mol. The van der Waals surface area contributed by atoms with Gasteiger partial charge in [0.1, 0.15) is 11.9 Å². The number of amides is 1. The minimum Gasteiger partial charge on any atom is -0.489 e. The number of ether oxygens (including phenoxy) is 1. The topological polar surface area (TPSA) is 49.7 Å². The summed E-state index contributed by atoms with van der Waals surface area (Å²) in [5.41, 5.74) is 4.54. The van der Waals surface area contributed by atoms with Crippen LogP contribution in [-0.2, 0) is 13.1 Å². The van der Waals surface area contributed by atoms with E-state index in [0.717, 1.165) is 58.5 Å². The van der Waals surface area contributed by atoms with Gasteiger partial charge in [0, 0.05) is 66.1 Å². The molecular weight excluding hydrogens is 532 g/mol. The van der Waals surface area contributed by atoms with E-state index in [0.29, 0.717) is 28.9 Å². The van der Waals surface area contributed by atoms with E-state index in [1.165, 1.54) is 33.8 Å². The molecule has 4 aromatic rings. The Kier molecular flexibility index (Phi) is 8.52. The second-order valence-corrected chi connectivity index (χ2v) is 11.9. The summed E-state index contributed by atoms with van der Waals surface area (Å²) in [5, 5.41) is 6.26. The van der Waals surface area contributed by atoms with Crippen LogP contribution >= 0.6 is 11.6 Å². The van der Waals surface area contributed by atoms with Crippen molar-refractivity contribution >= 4 is 39.3 Å². The summed E-state index contributed by atoms with van der Waals surface area (Å²) in [6, 6.07) is 21.5. The molecule has 1 unspecified atom stereocenters. The van der Waals surface area contributed by atoms with Crippen molar-refractivity contribution in [2.24, 2.45) is 0 Å². The Hall–Kier alpha value is -3.06. The highest BCUT2D eigenvalue weighted by atomic mass is 35.5. The van der Waals surface area contributed by atoms with Crippen LogP contribution in [0.2, 0.25) is 5.02 Å². The van der Waals surface area contributed by atoms with Gasteiger partial charge in [0.15, 0.2) is 0 Å². The molecule has 0 aliphatic carbocycles. The zero-order valence-electron chi connectivity index (χ0n) is 24.2. The molecule has 6 rings (SSSR count). The van der Waals surface area contributed by atoms with Crippen LogP contribution in [0.3, 0.4) is 0 Å². The van der Waals surface area contributed by atoms with Crippen LogP contribution < -0.4 is 10.1 Å². The third-order valence-corrected chi connectivity index (χ3v) is 9.28. The Bertz CT molecular complexity index is 1520. The average Bonchev–Trinajstić information content (AvgIpc) is 3.59. The number of aromatic nitrogens is 1. The van der Waals surface area contributed by atoms with Gasteiger partial charge in [-0.25, -0.2) is 0 Å². The standard InChI is InChI=1S/C34H41ClN4O2/c1-3-38-17-7-8-26(38)22-36-34(40)25-12-14-33(30(35)21-25)41-27-15-18-37(19-16-27)23-24-11-13-32-29(20-24)28-9-5-6-10-31(28)39(32)4-2/h5-6,9-14,20-21,26-27H,3-4,7-8,15-19,22-23H2,1-2H3,(H,36,40). The smallest absolute Gasteiger partial charge is 0.251 e. The lowest BCUT2D eigenvalue weighted by Crippen LogP contribution is -2.40. The molecule has 3 heterocycles. The molecule has 1 N–H and O–H groups in total. The second-order valence-electron chi connectivity index (χ2n) is 11.5. The summed E-state index contributed by atoms with van der Waals surface area (Å²) >= 11 is 6.58. The van der Waals surface area contributed by atoms with E-state index in [1.807, 2.05) is 12.1 Å². The number of likely N-dealkylation sites (tertiary alicyclic amines) is 2. The quantitative estimate of drug-likeness (QED) is 0.242. The zero-order valence-corrected chi connectivity index (χ0v) is 25.0. The maximum atomic E-state index is 12.8. The van der Waals surface area contributed by atoms with E-state index in [-0.39, 0.29) is 12.0 Å². The fourth-order valence-electron chi connectivity index (χ4n) is 6.76. The Morgan fingerprint density at radius 3 is 2.51 bits per heavy atom. The number of para-hydroxylation sites is 1. The van der Waals surface area contributed by atoms with Crippen molar-refractivity contribution < 1.29 is 9.53 Å². The zero-order chi connectivity index (χ0) is 28.3. The Labute approximate surface area is 248 Å². The molecule has 2 fully saturated rings. The lowest BCUT2D eigenvalue weighted by molar-refractivity contribution is 0.0939. The minimum atomic E-state index is -0.0767. The van der Waals surface area contributed by atoms with Crippen LogP contribution in [0.5, 0.6) is 5.75 Å². The second kappa shape index (κ2) is 12.4. The summed E-state index contributed by atoms with van der Waals surface area (Å²) in [6.07, 6.45) is 4.36. The SMILES string of the molecule is CCN1CCCC1CNC(=O)c1ccc(OC2CCN(Cc3ccc4c(c3)c3ccccc3n4CC)CC2)c(Cl)c1. The predicted octanol–water partition coefficient (Wildman–Crippen LogP) is 6.73. The first-order valence-electron chi connectivity index (χ1n) is 15.2.